The summed E-state index contributed by atoms with van der Waals surface area (Å²) < 4.78 is 9.94. The lowest BCUT2D eigenvalue weighted by Crippen LogP contribution is -2.38. The molecule has 0 aromatic carbocycles. The lowest BCUT2D eigenvalue weighted by Gasteiger charge is -2.12. The highest BCUT2D eigenvalue weighted by Crippen LogP contribution is 1.84. The molecular formula is C11H24N2O4. The molecule has 6 nitrogen and oxygen atoms in total. The van der Waals surface area contributed by atoms with Gasteiger partial charge in [-0.3, -0.25) is 4.79 Å². The average Bonchev–Trinajstić information content (AvgIpc) is 2.32. The molecule has 0 aliphatic rings. The number of hydrogen-bond donors (Lipinski definition) is 3. The summed E-state index contributed by atoms with van der Waals surface area (Å²) in [6.07, 6.45) is 0.313. The summed E-state index contributed by atoms with van der Waals surface area (Å²) in [6, 6.07) is 0. The zero-order valence-electron chi connectivity index (χ0n) is 10.7. The Labute approximate surface area is 103 Å². The molecule has 0 aliphatic carbocycles. The summed E-state index contributed by atoms with van der Waals surface area (Å²) in [4.78, 5) is 11.2. The second-order valence-electron chi connectivity index (χ2n) is 3.70. The molecule has 1 amide bonds. The Kier molecular flexibility index (Phi) is 11.3. The van der Waals surface area contributed by atoms with Crippen LogP contribution in [0.15, 0.2) is 0 Å². The second kappa shape index (κ2) is 11.8. The van der Waals surface area contributed by atoms with Crippen molar-refractivity contribution in [2.24, 2.45) is 0 Å². The smallest absolute Gasteiger partial charge is 0.233 e. The van der Waals surface area contributed by atoms with Crippen LogP contribution >= 0.6 is 0 Å². The van der Waals surface area contributed by atoms with Crippen LogP contribution in [0.4, 0.5) is 0 Å². The van der Waals surface area contributed by atoms with E-state index in [1.54, 1.807) is 7.11 Å². The van der Waals surface area contributed by atoms with E-state index in [0.29, 0.717) is 26.3 Å². The Morgan fingerprint density at radius 3 is 2.82 bits per heavy atom. The standard InChI is InChI=1S/C11H24N2O4/c1-3-4-13-11(15)8-12-7-10(14)9-17-6-5-16-2/h10,12,14H,3-9H2,1-2H3,(H,13,15). The number of rotatable bonds is 11. The highest BCUT2D eigenvalue weighted by Gasteiger charge is 2.05. The normalized spacial score (nSPS) is 12.4. The molecule has 17 heavy (non-hydrogen) atoms. The van der Waals surface area contributed by atoms with Gasteiger partial charge in [0.1, 0.15) is 0 Å². The lowest BCUT2D eigenvalue weighted by atomic mass is 10.3. The van der Waals surface area contributed by atoms with E-state index in [-0.39, 0.29) is 19.1 Å². The first-order valence-corrected chi connectivity index (χ1v) is 5.92. The number of hydrogen-bond acceptors (Lipinski definition) is 5. The fourth-order valence-corrected chi connectivity index (χ4v) is 1.10. The van der Waals surface area contributed by atoms with Gasteiger partial charge in [0.2, 0.25) is 5.91 Å². The van der Waals surface area contributed by atoms with Gasteiger partial charge in [-0.05, 0) is 6.42 Å². The molecule has 0 aromatic heterocycles. The minimum Gasteiger partial charge on any atom is -0.389 e. The van der Waals surface area contributed by atoms with Crippen molar-refractivity contribution in [2.75, 3.05) is 46.6 Å². The SMILES string of the molecule is CCCNC(=O)CNCC(O)COCCOC. The molecule has 0 spiro atoms. The minimum absolute atomic E-state index is 0.0562. The summed E-state index contributed by atoms with van der Waals surface area (Å²) in [5.41, 5.74) is 0. The molecule has 0 rings (SSSR count). The number of nitrogens with one attached hydrogen (secondary N) is 2. The Balaban J connectivity index is 3.31. The number of aliphatic hydroxyl groups excluding tert-OH is 1. The molecule has 0 saturated carbocycles. The van der Waals surface area contributed by atoms with Crippen molar-refractivity contribution in [3.05, 3.63) is 0 Å². The van der Waals surface area contributed by atoms with Gasteiger partial charge in [-0.2, -0.15) is 0 Å². The predicted octanol–water partition coefficient (Wildman–Crippen LogP) is -0.874. The largest absolute Gasteiger partial charge is 0.389 e. The van der Waals surface area contributed by atoms with E-state index < -0.39 is 6.10 Å². The van der Waals surface area contributed by atoms with Gasteiger partial charge in [-0.1, -0.05) is 6.92 Å². The van der Waals surface area contributed by atoms with Gasteiger partial charge in [0.25, 0.3) is 0 Å². The first-order valence-electron chi connectivity index (χ1n) is 5.92. The number of carbonyl (C=O) groups is 1. The van der Waals surface area contributed by atoms with E-state index in [1.807, 2.05) is 6.92 Å². The fourth-order valence-electron chi connectivity index (χ4n) is 1.10. The first-order chi connectivity index (χ1) is 8.20. The Bertz CT molecular complexity index is 190. The molecule has 0 bridgehead atoms. The van der Waals surface area contributed by atoms with Crippen molar-refractivity contribution in [1.82, 2.24) is 10.6 Å². The summed E-state index contributed by atoms with van der Waals surface area (Å²) >= 11 is 0. The van der Waals surface area contributed by atoms with Crippen LogP contribution in [-0.4, -0.2) is 63.7 Å². The number of ether oxygens (including phenoxy) is 2. The van der Waals surface area contributed by atoms with Crippen LogP contribution < -0.4 is 10.6 Å². The number of carbonyl (C=O) groups excluding carboxylic acids is 1. The van der Waals surface area contributed by atoms with Crippen molar-refractivity contribution >= 4 is 5.91 Å². The highest BCUT2D eigenvalue weighted by molar-refractivity contribution is 5.77. The molecule has 0 aromatic rings. The van der Waals surface area contributed by atoms with Crippen LogP contribution in [0.3, 0.4) is 0 Å². The number of methoxy groups -OCH3 is 1. The van der Waals surface area contributed by atoms with Crippen LogP contribution in [0.5, 0.6) is 0 Å². The quantitative estimate of drug-likeness (QED) is 0.414. The zero-order valence-corrected chi connectivity index (χ0v) is 10.7. The fraction of sp³-hybridized carbons (Fsp3) is 0.909. The molecule has 1 unspecified atom stereocenters. The third-order valence-corrected chi connectivity index (χ3v) is 1.98. The van der Waals surface area contributed by atoms with Crippen LogP contribution in [0, 0.1) is 0 Å². The van der Waals surface area contributed by atoms with Crippen LogP contribution in [0.2, 0.25) is 0 Å². The topological polar surface area (TPSA) is 79.8 Å². The van der Waals surface area contributed by atoms with Crippen molar-refractivity contribution in [3.8, 4) is 0 Å². The van der Waals surface area contributed by atoms with Crippen LogP contribution in [0.1, 0.15) is 13.3 Å². The van der Waals surface area contributed by atoms with Gasteiger partial charge < -0.3 is 25.2 Å². The Hall–Kier alpha value is -0.690. The minimum atomic E-state index is -0.606. The van der Waals surface area contributed by atoms with Gasteiger partial charge in [0.15, 0.2) is 0 Å². The third kappa shape index (κ3) is 11.6. The summed E-state index contributed by atoms with van der Waals surface area (Å²) in [7, 11) is 1.59. The van der Waals surface area contributed by atoms with Gasteiger partial charge in [-0.25, -0.2) is 0 Å². The average molecular weight is 248 g/mol. The lowest BCUT2D eigenvalue weighted by molar-refractivity contribution is -0.120. The summed E-state index contributed by atoms with van der Waals surface area (Å²) in [5, 5.41) is 15.1. The van der Waals surface area contributed by atoms with E-state index in [1.165, 1.54) is 0 Å². The maximum Gasteiger partial charge on any atom is 0.233 e. The number of aliphatic hydroxyl groups is 1. The molecular weight excluding hydrogens is 224 g/mol. The molecule has 102 valence electrons. The zero-order chi connectivity index (χ0) is 12.9. The van der Waals surface area contributed by atoms with E-state index in [2.05, 4.69) is 10.6 Å². The second-order valence-corrected chi connectivity index (χ2v) is 3.70. The molecule has 6 heteroatoms. The Morgan fingerprint density at radius 2 is 2.18 bits per heavy atom. The molecule has 0 fully saturated rings. The van der Waals surface area contributed by atoms with Crippen molar-refractivity contribution < 1.29 is 19.4 Å². The number of amides is 1. The monoisotopic (exact) mass is 248 g/mol. The van der Waals surface area contributed by atoms with Crippen molar-refractivity contribution in [3.63, 3.8) is 0 Å². The molecule has 3 N–H and O–H groups in total. The third-order valence-electron chi connectivity index (χ3n) is 1.98. The van der Waals surface area contributed by atoms with E-state index in [4.69, 9.17) is 9.47 Å². The first kappa shape index (κ1) is 16.3. The van der Waals surface area contributed by atoms with Gasteiger partial charge in [0, 0.05) is 20.2 Å². The Morgan fingerprint density at radius 1 is 1.41 bits per heavy atom. The molecule has 0 radical (unpaired) electrons. The van der Waals surface area contributed by atoms with E-state index in [9.17, 15) is 9.90 Å². The molecule has 0 heterocycles. The van der Waals surface area contributed by atoms with Crippen LogP contribution in [0.25, 0.3) is 0 Å². The van der Waals surface area contributed by atoms with Crippen LogP contribution in [-0.2, 0) is 14.3 Å². The highest BCUT2D eigenvalue weighted by atomic mass is 16.5. The van der Waals surface area contributed by atoms with Gasteiger partial charge in [-0.15, -0.1) is 0 Å². The predicted molar refractivity (Wildman–Crippen MR) is 64.9 cm³/mol. The molecule has 0 saturated heterocycles. The van der Waals surface area contributed by atoms with E-state index >= 15 is 0 Å². The van der Waals surface area contributed by atoms with Crippen molar-refractivity contribution in [2.45, 2.75) is 19.4 Å². The maximum absolute atomic E-state index is 11.2. The summed E-state index contributed by atoms with van der Waals surface area (Å²) in [6.45, 7) is 4.46. The molecule has 1 atom stereocenters. The van der Waals surface area contributed by atoms with Gasteiger partial charge in [0.05, 0.1) is 32.5 Å². The van der Waals surface area contributed by atoms with Crippen molar-refractivity contribution in [1.29, 1.82) is 0 Å². The maximum atomic E-state index is 11.2. The molecule has 0 aliphatic heterocycles. The van der Waals surface area contributed by atoms with Gasteiger partial charge >= 0.3 is 0 Å². The summed E-state index contributed by atoms with van der Waals surface area (Å²) in [5.74, 6) is -0.0562. The van der Waals surface area contributed by atoms with E-state index in [0.717, 1.165) is 6.42 Å².